The van der Waals surface area contributed by atoms with Crippen LogP contribution in [0.15, 0.2) is 40.9 Å². The van der Waals surface area contributed by atoms with Gasteiger partial charge in [-0.1, -0.05) is 16.5 Å². The fourth-order valence-corrected chi connectivity index (χ4v) is 7.38. The number of nitrogens with zero attached hydrogens (tertiary/aromatic N) is 3. The quantitative estimate of drug-likeness (QED) is 0.283. The van der Waals surface area contributed by atoms with Crippen LogP contribution in [-0.2, 0) is 11.3 Å². The number of aromatic nitrogens is 2. The smallest absolute Gasteiger partial charge is 0.335 e. The summed E-state index contributed by atoms with van der Waals surface area (Å²) in [4.78, 5) is 18.9. The number of aryl methyl sites for hydroxylation is 1. The van der Waals surface area contributed by atoms with Gasteiger partial charge in [-0.05, 0) is 87.4 Å². The van der Waals surface area contributed by atoms with Crippen molar-refractivity contribution in [2.75, 3.05) is 4.90 Å². The average Bonchev–Trinajstić information content (AvgIpc) is 3.41. The van der Waals surface area contributed by atoms with E-state index in [0.717, 1.165) is 82.0 Å². The van der Waals surface area contributed by atoms with Crippen LogP contribution in [0.4, 0.5) is 9.52 Å². The van der Waals surface area contributed by atoms with E-state index in [9.17, 15) is 14.3 Å². The topological polar surface area (TPSA) is 88.7 Å². The van der Waals surface area contributed by atoms with Crippen LogP contribution >= 0.6 is 11.3 Å². The third kappa shape index (κ3) is 4.18. The summed E-state index contributed by atoms with van der Waals surface area (Å²) < 4.78 is 26.7. The molecule has 4 heterocycles. The Morgan fingerprint density at radius 1 is 1.16 bits per heavy atom. The normalized spacial score (nSPS) is 22.9. The van der Waals surface area contributed by atoms with E-state index in [1.165, 1.54) is 12.1 Å². The SMILES string of the molecule is Cc1cc(C(=O)O)cc2sc(N3C4CCC3CC(OCc3c(-c5ccc(F)cc5)noc3C3CC3)C4)nc12. The monoisotopic (exact) mass is 533 g/mol. The number of anilines is 1. The summed E-state index contributed by atoms with van der Waals surface area (Å²) in [5.41, 5.74) is 4.67. The van der Waals surface area contributed by atoms with E-state index in [0.29, 0.717) is 30.2 Å². The highest BCUT2D eigenvalue weighted by Gasteiger charge is 2.43. The van der Waals surface area contributed by atoms with Crippen molar-refractivity contribution in [1.82, 2.24) is 10.1 Å². The molecule has 9 heteroatoms. The van der Waals surface area contributed by atoms with E-state index in [4.69, 9.17) is 14.2 Å². The molecule has 2 bridgehead atoms. The van der Waals surface area contributed by atoms with E-state index in [1.807, 2.05) is 6.92 Å². The molecule has 1 saturated carbocycles. The average molecular weight is 534 g/mol. The molecule has 1 aliphatic carbocycles. The zero-order valence-corrected chi connectivity index (χ0v) is 21.8. The van der Waals surface area contributed by atoms with E-state index < -0.39 is 5.97 Å². The molecule has 0 radical (unpaired) electrons. The molecule has 0 amide bonds. The minimum absolute atomic E-state index is 0.126. The van der Waals surface area contributed by atoms with Gasteiger partial charge in [0.2, 0.25) is 0 Å². The molecular weight excluding hydrogens is 505 g/mol. The number of benzene rings is 2. The van der Waals surface area contributed by atoms with Crippen LogP contribution in [0.25, 0.3) is 21.5 Å². The third-order valence-electron chi connectivity index (χ3n) is 8.18. The Morgan fingerprint density at radius 2 is 1.89 bits per heavy atom. The van der Waals surface area contributed by atoms with Gasteiger partial charge in [0.25, 0.3) is 0 Å². The van der Waals surface area contributed by atoms with Crippen molar-refractivity contribution >= 4 is 32.7 Å². The maximum Gasteiger partial charge on any atom is 0.335 e. The van der Waals surface area contributed by atoms with Crippen LogP contribution in [0, 0.1) is 12.7 Å². The van der Waals surface area contributed by atoms with Gasteiger partial charge in [-0.2, -0.15) is 0 Å². The molecule has 0 spiro atoms. The predicted molar refractivity (Wildman–Crippen MR) is 142 cm³/mol. The van der Waals surface area contributed by atoms with Gasteiger partial charge in [-0.3, -0.25) is 0 Å². The summed E-state index contributed by atoms with van der Waals surface area (Å²) in [7, 11) is 0. The number of thiazole rings is 1. The highest BCUT2D eigenvalue weighted by atomic mass is 32.1. The van der Waals surface area contributed by atoms with Crippen LogP contribution in [-0.4, -0.2) is 39.4 Å². The predicted octanol–water partition coefficient (Wildman–Crippen LogP) is 6.69. The van der Waals surface area contributed by atoms with Crippen LogP contribution in [0.3, 0.4) is 0 Å². The highest BCUT2D eigenvalue weighted by molar-refractivity contribution is 7.22. The number of fused-ring (bicyclic) bond motifs is 3. The van der Waals surface area contributed by atoms with Crippen LogP contribution < -0.4 is 4.90 Å². The molecule has 2 aromatic carbocycles. The second kappa shape index (κ2) is 9.17. The van der Waals surface area contributed by atoms with Gasteiger partial charge in [0, 0.05) is 29.1 Å². The zero-order valence-electron chi connectivity index (χ0n) is 21.0. The summed E-state index contributed by atoms with van der Waals surface area (Å²) in [5, 5.41) is 14.8. The Morgan fingerprint density at radius 3 is 2.58 bits per heavy atom. The molecule has 2 atom stereocenters. The Labute approximate surface area is 223 Å². The van der Waals surface area contributed by atoms with Gasteiger partial charge in [-0.15, -0.1) is 0 Å². The number of ether oxygens (including phenoxy) is 1. The van der Waals surface area contributed by atoms with E-state index in [-0.39, 0.29) is 11.9 Å². The minimum Gasteiger partial charge on any atom is -0.478 e. The van der Waals surface area contributed by atoms with Gasteiger partial charge >= 0.3 is 5.97 Å². The largest absolute Gasteiger partial charge is 0.478 e. The van der Waals surface area contributed by atoms with Crippen molar-refractivity contribution < 1.29 is 23.6 Å². The van der Waals surface area contributed by atoms with Crippen molar-refractivity contribution in [3.63, 3.8) is 0 Å². The first-order valence-electron chi connectivity index (χ1n) is 13.2. The van der Waals surface area contributed by atoms with E-state index >= 15 is 0 Å². The van der Waals surface area contributed by atoms with E-state index in [2.05, 4.69) is 10.1 Å². The molecule has 2 aromatic heterocycles. The lowest BCUT2D eigenvalue weighted by molar-refractivity contribution is 0.0147. The van der Waals surface area contributed by atoms with Crippen molar-refractivity contribution in [2.45, 2.75) is 76.2 Å². The molecule has 38 heavy (non-hydrogen) atoms. The van der Waals surface area contributed by atoms with Crippen molar-refractivity contribution in [2.24, 2.45) is 0 Å². The number of hydrogen-bond donors (Lipinski definition) is 1. The maximum absolute atomic E-state index is 13.5. The number of halogens is 1. The number of aromatic carboxylic acids is 1. The van der Waals surface area contributed by atoms with Crippen LogP contribution in [0.5, 0.6) is 0 Å². The summed E-state index contributed by atoms with van der Waals surface area (Å²) in [6.45, 7) is 2.36. The van der Waals surface area contributed by atoms with Crippen molar-refractivity contribution in [1.29, 1.82) is 0 Å². The lowest BCUT2D eigenvalue weighted by Crippen LogP contribution is -2.45. The summed E-state index contributed by atoms with van der Waals surface area (Å²) in [6.07, 6.45) is 6.36. The minimum atomic E-state index is -0.914. The molecule has 7 nitrogen and oxygen atoms in total. The lowest BCUT2D eigenvalue weighted by Gasteiger charge is -2.38. The molecular formula is C29H28FN3O4S. The van der Waals surface area contributed by atoms with Gasteiger partial charge < -0.3 is 19.3 Å². The summed E-state index contributed by atoms with van der Waals surface area (Å²) in [5.74, 6) is 0.126. The first-order valence-corrected chi connectivity index (χ1v) is 14.0. The van der Waals surface area contributed by atoms with Crippen molar-refractivity contribution in [3.8, 4) is 11.3 Å². The van der Waals surface area contributed by atoms with Gasteiger partial charge in [-0.25, -0.2) is 14.2 Å². The molecule has 2 saturated heterocycles. The molecule has 2 aliphatic heterocycles. The standard InChI is InChI=1S/C29H28FN3O4S/c1-15-10-18(28(34)35)11-24-25(15)31-29(38-24)33-20-8-9-21(33)13-22(12-20)36-14-23-26(16-4-6-19(30)7-5-16)32-37-27(23)17-2-3-17/h4-7,10-11,17,20-22H,2-3,8-9,12-14H2,1H3,(H,34,35). The van der Waals surface area contributed by atoms with Gasteiger partial charge in [0.1, 0.15) is 17.3 Å². The zero-order chi connectivity index (χ0) is 26.0. The molecule has 2 unspecified atom stereocenters. The Balaban J connectivity index is 1.09. The Hall–Kier alpha value is -3.30. The second-order valence-corrected chi connectivity index (χ2v) is 11.8. The molecule has 7 rings (SSSR count). The summed E-state index contributed by atoms with van der Waals surface area (Å²) >= 11 is 1.59. The van der Waals surface area contributed by atoms with Crippen molar-refractivity contribution in [3.05, 3.63) is 64.7 Å². The second-order valence-electron chi connectivity index (χ2n) is 10.8. The number of rotatable bonds is 7. The van der Waals surface area contributed by atoms with Gasteiger partial charge in [0.15, 0.2) is 5.13 Å². The third-order valence-corrected chi connectivity index (χ3v) is 9.20. The number of hydrogen-bond acceptors (Lipinski definition) is 7. The van der Waals surface area contributed by atoms with E-state index in [1.54, 1.807) is 35.6 Å². The van der Waals surface area contributed by atoms with Crippen LogP contribution in [0.2, 0.25) is 0 Å². The number of carboxylic acids is 1. The molecule has 3 aliphatic rings. The first kappa shape index (κ1) is 23.8. The highest BCUT2D eigenvalue weighted by Crippen LogP contribution is 2.46. The number of carbonyl (C=O) groups is 1. The first-order chi connectivity index (χ1) is 18.4. The number of piperidine rings is 1. The summed E-state index contributed by atoms with van der Waals surface area (Å²) in [6, 6.07) is 10.5. The van der Waals surface area contributed by atoms with Crippen LogP contribution in [0.1, 0.15) is 71.7 Å². The molecule has 1 N–H and O–H groups in total. The van der Waals surface area contributed by atoms with Gasteiger partial charge in [0.05, 0.1) is 28.5 Å². The lowest BCUT2D eigenvalue weighted by atomic mass is 10.00. The molecule has 4 aromatic rings. The Bertz CT molecular complexity index is 1510. The fourth-order valence-electron chi connectivity index (χ4n) is 6.16. The number of carboxylic acid groups (broad SMARTS) is 1. The molecule has 196 valence electrons. The molecule has 3 fully saturated rings. The Kier molecular flexibility index (Phi) is 5.74. The maximum atomic E-state index is 13.5. The fraction of sp³-hybridized carbons (Fsp3) is 0.414.